The Kier molecular flexibility index (Phi) is 3.17. The molecule has 0 spiro atoms. The minimum atomic E-state index is -3.42. The first-order valence-electron chi connectivity index (χ1n) is 5.21. The van der Waals surface area contributed by atoms with E-state index < -0.39 is 10.1 Å². The predicted octanol–water partition coefficient (Wildman–Crippen LogP) is 0.837. The first-order chi connectivity index (χ1) is 7.97. The van der Waals surface area contributed by atoms with Gasteiger partial charge < -0.3 is 5.32 Å². The van der Waals surface area contributed by atoms with Gasteiger partial charge in [0.05, 0.1) is 18.9 Å². The maximum Gasteiger partial charge on any atom is 0.264 e. The highest BCUT2D eigenvalue weighted by Gasteiger charge is 2.27. The van der Waals surface area contributed by atoms with E-state index in [-0.39, 0.29) is 18.6 Å². The number of hydrogen-bond donors (Lipinski definition) is 1. The number of hydrogen-bond acceptors (Lipinski definition) is 4. The van der Waals surface area contributed by atoms with E-state index in [2.05, 4.69) is 9.50 Å². The molecule has 0 fully saturated rings. The smallest absolute Gasteiger partial charge is 0.264 e. The summed E-state index contributed by atoms with van der Waals surface area (Å²) in [5.41, 5.74) is 1.55. The van der Waals surface area contributed by atoms with Crippen LogP contribution in [0, 0.1) is 0 Å². The third-order valence-electron chi connectivity index (χ3n) is 2.59. The number of nitrogens with one attached hydrogen (secondary N) is 1. The second-order valence-electron chi connectivity index (χ2n) is 3.93. The molecule has 0 saturated heterocycles. The Morgan fingerprint density at radius 2 is 2.06 bits per heavy atom. The molecule has 0 aromatic heterocycles. The molecule has 0 aliphatic carbocycles. The third kappa shape index (κ3) is 2.83. The van der Waals surface area contributed by atoms with Gasteiger partial charge in [0, 0.05) is 5.56 Å². The lowest BCUT2D eigenvalue weighted by Crippen LogP contribution is -2.20. The zero-order valence-electron chi connectivity index (χ0n) is 9.34. The van der Waals surface area contributed by atoms with E-state index in [0.717, 1.165) is 11.8 Å². The molecular weight excluding hydrogens is 242 g/mol. The summed E-state index contributed by atoms with van der Waals surface area (Å²) < 4.78 is 26.3. The highest BCUT2D eigenvalue weighted by Crippen LogP contribution is 2.27. The molecule has 1 heterocycles. The van der Waals surface area contributed by atoms with Gasteiger partial charge in [0.1, 0.15) is 0 Å². The van der Waals surface area contributed by atoms with Gasteiger partial charge in [0.2, 0.25) is 0 Å². The van der Waals surface area contributed by atoms with Crippen molar-refractivity contribution in [2.24, 2.45) is 0 Å². The molecule has 17 heavy (non-hydrogen) atoms. The van der Waals surface area contributed by atoms with Crippen LogP contribution in [0.3, 0.4) is 0 Å². The van der Waals surface area contributed by atoms with Crippen LogP contribution in [-0.4, -0.2) is 27.2 Å². The average Bonchev–Trinajstić information content (AvgIpc) is 2.55. The summed E-state index contributed by atoms with van der Waals surface area (Å²) in [6, 6.07) is 7.10. The summed E-state index contributed by atoms with van der Waals surface area (Å²) in [5, 5.41) is 2.79. The van der Waals surface area contributed by atoms with Gasteiger partial charge in [0.15, 0.2) is 0 Å². The topological polar surface area (TPSA) is 72.5 Å². The van der Waals surface area contributed by atoms with Crippen molar-refractivity contribution >= 4 is 16.0 Å². The fourth-order valence-corrected chi connectivity index (χ4v) is 2.27. The van der Waals surface area contributed by atoms with Crippen LogP contribution in [0.1, 0.15) is 28.4 Å². The van der Waals surface area contributed by atoms with Crippen molar-refractivity contribution in [2.75, 3.05) is 12.9 Å². The average molecular weight is 255 g/mol. The summed E-state index contributed by atoms with van der Waals surface area (Å²) in [6.45, 7) is 0.0676. The first kappa shape index (κ1) is 12.1. The zero-order valence-corrected chi connectivity index (χ0v) is 10.2. The van der Waals surface area contributed by atoms with Gasteiger partial charge >= 0.3 is 0 Å². The standard InChI is InChI=1S/C11H13NO4S/c1-17(14,15)16-7-6-10-8-4-2-3-5-9(8)11(13)12-10/h2-5,10H,6-7H2,1H3,(H,12,13)/t10-/m0/s1. The Morgan fingerprint density at radius 3 is 2.76 bits per heavy atom. The second kappa shape index (κ2) is 4.46. The molecule has 1 N–H and O–H groups in total. The molecule has 1 aromatic carbocycles. The minimum absolute atomic E-state index is 0.0676. The van der Waals surface area contributed by atoms with E-state index >= 15 is 0 Å². The van der Waals surface area contributed by atoms with E-state index in [9.17, 15) is 13.2 Å². The number of carbonyl (C=O) groups is 1. The van der Waals surface area contributed by atoms with Gasteiger partial charge in [-0.2, -0.15) is 8.42 Å². The van der Waals surface area contributed by atoms with E-state index in [1.807, 2.05) is 12.1 Å². The lowest BCUT2D eigenvalue weighted by atomic mass is 10.0. The van der Waals surface area contributed by atoms with Crippen LogP contribution in [0.2, 0.25) is 0 Å². The highest BCUT2D eigenvalue weighted by atomic mass is 32.2. The molecule has 0 radical (unpaired) electrons. The van der Waals surface area contributed by atoms with E-state index in [1.165, 1.54) is 0 Å². The fourth-order valence-electron chi connectivity index (χ4n) is 1.87. The maximum atomic E-state index is 11.6. The normalized spacial score (nSPS) is 18.9. The zero-order chi connectivity index (χ0) is 12.5. The number of amides is 1. The van der Waals surface area contributed by atoms with Crippen LogP contribution in [0.25, 0.3) is 0 Å². The van der Waals surface area contributed by atoms with Crippen LogP contribution < -0.4 is 5.32 Å². The molecule has 1 amide bonds. The number of rotatable bonds is 4. The number of fused-ring (bicyclic) bond motifs is 1. The summed E-state index contributed by atoms with van der Waals surface area (Å²) in [5.74, 6) is -0.120. The third-order valence-corrected chi connectivity index (χ3v) is 3.18. The van der Waals surface area contributed by atoms with Crippen LogP contribution >= 0.6 is 0 Å². The van der Waals surface area contributed by atoms with Gasteiger partial charge in [-0.3, -0.25) is 8.98 Å². The molecule has 1 atom stereocenters. The lowest BCUT2D eigenvalue weighted by Gasteiger charge is -2.10. The Labute approximate surface area is 99.9 Å². The van der Waals surface area contributed by atoms with Crippen molar-refractivity contribution in [3.8, 4) is 0 Å². The van der Waals surface area contributed by atoms with Crippen molar-refractivity contribution in [1.82, 2.24) is 5.32 Å². The van der Waals surface area contributed by atoms with E-state index in [0.29, 0.717) is 12.0 Å². The van der Waals surface area contributed by atoms with E-state index in [1.54, 1.807) is 12.1 Å². The number of carbonyl (C=O) groups excluding carboxylic acids is 1. The quantitative estimate of drug-likeness (QED) is 0.809. The Morgan fingerprint density at radius 1 is 1.35 bits per heavy atom. The number of benzene rings is 1. The largest absolute Gasteiger partial charge is 0.345 e. The van der Waals surface area contributed by atoms with Gasteiger partial charge in [-0.05, 0) is 18.1 Å². The molecule has 6 heteroatoms. The van der Waals surface area contributed by atoms with Crippen LogP contribution in [0.15, 0.2) is 24.3 Å². The molecule has 92 valence electrons. The van der Waals surface area contributed by atoms with Gasteiger partial charge in [-0.1, -0.05) is 18.2 Å². The maximum absolute atomic E-state index is 11.6. The molecule has 1 aliphatic rings. The predicted molar refractivity (Wildman–Crippen MR) is 62.1 cm³/mol. The van der Waals surface area contributed by atoms with Crippen molar-refractivity contribution in [2.45, 2.75) is 12.5 Å². The van der Waals surface area contributed by atoms with Gasteiger partial charge in [-0.25, -0.2) is 0 Å². The second-order valence-corrected chi connectivity index (χ2v) is 5.57. The Hall–Kier alpha value is -1.40. The summed E-state index contributed by atoms with van der Waals surface area (Å²) in [4.78, 5) is 11.6. The fraction of sp³-hybridized carbons (Fsp3) is 0.364. The van der Waals surface area contributed by atoms with Crippen molar-refractivity contribution < 1.29 is 17.4 Å². The molecule has 2 rings (SSSR count). The van der Waals surface area contributed by atoms with Crippen LogP contribution in [0.5, 0.6) is 0 Å². The summed E-state index contributed by atoms with van der Waals surface area (Å²) in [7, 11) is -3.42. The molecule has 0 unspecified atom stereocenters. The summed E-state index contributed by atoms with van der Waals surface area (Å²) in [6.07, 6.45) is 1.45. The minimum Gasteiger partial charge on any atom is -0.345 e. The van der Waals surface area contributed by atoms with E-state index in [4.69, 9.17) is 0 Å². The SMILES string of the molecule is CS(=O)(=O)OCC[C@@H]1NC(=O)c2ccccc21. The van der Waals surface area contributed by atoms with Crippen molar-refractivity contribution in [1.29, 1.82) is 0 Å². The van der Waals surface area contributed by atoms with Crippen LogP contribution in [-0.2, 0) is 14.3 Å². The molecule has 1 aromatic rings. The lowest BCUT2D eigenvalue weighted by molar-refractivity contribution is 0.0953. The van der Waals surface area contributed by atoms with Crippen molar-refractivity contribution in [3.63, 3.8) is 0 Å². The monoisotopic (exact) mass is 255 g/mol. The Bertz CT molecular complexity index is 538. The molecule has 0 saturated carbocycles. The molecule has 5 nitrogen and oxygen atoms in total. The van der Waals surface area contributed by atoms with Crippen molar-refractivity contribution in [3.05, 3.63) is 35.4 Å². The highest BCUT2D eigenvalue weighted by molar-refractivity contribution is 7.85. The molecule has 0 bridgehead atoms. The van der Waals surface area contributed by atoms with Gasteiger partial charge in [0.25, 0.3) is 16.0 Å². The molecular formula is C11H13NO4S. The van der Waals surface area contributed by atoms with Crippen LogP contribution in [0.4, 0.5) is 0 Å². The Balaban J connectivity index is 2.03. The summed E-state index contributed by atoms with van der Waals surface area (Å²) >= 11 is 0. The van der Waals surface area contributed by atoms with Gasteiger partial charge in [-0.15, -0.1) is 0 Å². The molecule has 1 aliphatic heterocycles. The first-order valence-corrected chi connectivity index (χ1v) is 7.03.